The topological polar surface area (TPSA) is 120 Å². The predicted molar refractivity (Wildman–Crippen MR) is 110 cm³/mol. The largest absolute Gasteiger partial charge is 0.346 e. The molecule has 1 aliphatic heterocycles. The summed E-state index contributed by atoms with van der Waals surface area (Å²) in [6.07, 6.45) is 5.75. The molecule has 0 aliphatic carbocycles. The fourth-order valence-electron chi connectivity index (χ4n) is 3.57. The van der Waals surface area contributed by atoms with Crippen molar-refractivity contribution in [1.29, 1.82) is 0 Å². The Hall–Kier alpha value is -3.76. The van der Waals surface area contributed by atoms with Crippen LogP contribution in [0.1, 0.15) is 34.0 Å². The lowest BCUT2D eigenvalue weighted by molar-refractivity contribution is -0.131. The normalized spacial score (nSPS) is 13.5. The van der Waals surface area contributed by atoms with Gasteiger partial charge in [-0.1, -0.05) is 0 Å². The molecule has 0 atom stereocenters. The fourth-order valence-corrected chi connectivity index (χ4v) is 3.57. The van der Waals surface area contributed by atoms with Gasteiger partial charge >= 0.3 is 0 Å². The van der Waals surface area contributed by atoms with Gasteiger partial charge in [0.1, 0.15) is 5.82 Å². The van der Waals surface area contributed by atoms with Gasteiger partial charge in [-0.15, -0.1) is 0 Å². The third-order valence-corrected chi connectivity index (χ3v) is 5.13. The number of hydrogen-bond donors (Lipinski definition) is 1. The van der Waals surface area contributed by atoms with Crippen molar-refractivity contribution in [2.45, 2.75) is 32.5 Å². The minimum atomic E-state index is -0.294. The molecule has 4 rings (SSSR count). The number of carbonyl (C=O) groups excluding carboxylic acids is 2. The van der Waals surface area contributed by atoms with E-state index in [9.17, 15) is 14.4 Å². The molecule has 162 valence electrons. The van der Waals surface area contributed by atoms with Gasteiger partial charge in [-0.05, 0) is 12.5 Å². The van der Waals surface area contributed by atoms with Crippen molar-refractivity contribution < 1.29 is 9.59 Å². The highest BCUT2D eigenvalue weighted by Crippen LogP contribution is 2.11. The van der Waals surface area contributed by atoms with Gasteiger partial charge < -0.3 is 10.2 Å². The Balaban J connectivity index is 1.47. The van der Waals surface area contributed by atoms with E-state index in [0.717, 1.165) is 0 Å². The molecular weight excluding hydrogens is 400 g/mol. The van der Waals surface area contributed by atoms with Crippen molar-refractivity contribution >= 4 is 11.8 Å². The Morgan fingerprint density at radius 1 is 1.16 bits per heavy atom. The van der Waals surface area contributed by atoms with Gasteiger partial charge in [0.2, 0.25) is 5.91 Å². The van der Waals surface area contributed by atoms with E-state index < -0.39 is 0 Å². The van der Waals surface area contributed by atoms with E-state index in [1.807, 2.05) is 6.07 Å². The van der Waals surface area contributed by atoms with Gasteiger partial charge in [-0.3, -0.25) is 28.3 Å². The Morgan fingerprint density at radius 2 is 2.00 bits per heavy atom. The quantitative estimate of drug-likeness (QED) is 0.596. The highest BCUT2D eigenvalue weighted by Gasteiger charge is 2.22. The first-order valence-corrected chi connectivity index (χ1v) is 10.0. The van der Waals surface area contributed by atoms with E-state index in [1.54, 1.807) is 45.3 Å². The van der Waals surface area contributed by atoms with Gasteiger partial charge in [-0.25, -0.2) is 4.98 Å². The summed E-state index contributed by atoms with van der Waals surface area (Å²) in [6.45, 7) is 1.39. The van der Waals surface area contributed by atoms with E-state index in [2.05, 4.69) is 20.5 Å². The van der Waals surface area contributed by atoms with E-state index in [0.29, 0.717) is 42.3 Å². The molecule has 0 fully saturated rings. The number of nitrogens with one attached hydrogen (secondary N) is 1. The summed E-state index contributed by atoms with van der Waals surface area (Å²) in [4.78, 5) is 43.9. The summed E-state index contributed by atoms with van der Waals surface area (Å²) in [7, 11) is 3.54. The summed E-state index contributed by atoms with van der Waals surface area (Å²) in [5.74, 6) is 0.166. The van der Waals surface area contributed by atoms with Crippen LogP contribution in [0.2, 0.25) is 0 Å². The minimum Gasteiger partial charge on any atom is -0.346 e. The molecule has 1 aliphatic rings. The Kier molecular flexibility index (Phi) is 5.65. The van der Waals surface area contributed by atoms with Crippen LogP contribution < -0.4 is 10.9 Å². The maximum absolute atomic E-state index is 12.8. The van der Waals surface area contributed by atoms with Crippen molar-refractivity contribution in [3.05, 3.63) is 63.9 Å². The van der Waals surface area contributed by atoms with Crippen LogP contribution >= 0.6 is 0 Å². The average Bonchev–Trinajstić information content (AvgIpc) is 3.27. The van der Waals surface area contributed by atoms with E-state index >= 15 is 0 Å². The summed E-state index contributed by atoms with van der Waals surface area (Å²) in [6, 6.07) is 3.24. The van der Waals surface area contributed by atoms with Crippen LogP contribution in [0.5, 0.6) is 0 Å². The highest BCUT2D eigenvalue weighted by atomic mass is 16.2. The van der Waals surface area contributed by atoms with Crippen LogP contribution in [0.25, 0.3) is 0 Å². The second-order valence-electron chi connectivity index (χ2n) is 7.57. The van der Waals surface area contributed by atoms with E-state index in [1.165, 1.54) is 12.3 Å². The average molecular weight is 424 g/mol. The molecule has 0 bridgehead atoms. The maximum atomic E-state index is 12.8. The molecule has 0 saturated heterocycles. The minimum absolute atomic E-state index is 0.0586. The van der Waals surface area contributed by atoms with E-state index in [-0.39, 0.29) is 36.9 Å². The molecule has 31 heavy (non-hydrogen) atoms. The molecule has 0 saturated carbocycles. The monoisotopic (exact) mass is 424 g/mol. The van der Waals surface area contributed by atoms with Crippen molar-refractivity contribution in [3.63, 3.8) is 0 Å². The van der Waals surface area contributed by atoms with Gasteiger partial charge in [0, 0.05) is 45.6 Å². The van der Waals surface area contributed by atoms with Crippen LogP contribution in [0.3, 0.4) is 0 Å². The molecule has 0 spiro atoms. The van der Waals surface area contributed by atoms with Crippen LogP contribution in [0.15, 0.2) is 35.5 Å². The molecule has 3 aromatic rings. The van der Waals surface area contributed by atoms with Crippen molar-refractivity contribution in [3.8, 4) is 0 Å². The van der Waals surface area contributed by atoms with Crippen LogP contribution in [-0.4, -0.2) is 52.4 Å². The molecule has 0 aromatic carbocycles. The third kappa shape index (κ3) is 4.71. The van der Waals surface area contributed by atoms with Crippen molar-refractivity contribution in [1.82, 2.24) is 39.3 Å². The smallest absolute Gasteiger partial charge is 0.254 e. The highest BCUT2D eigenvalue weighted by molar-refractivity contribution is 5.93. The summed E-state index contributed by atoms with van der Waals surface area (Å²) < 4.78 is 4.80. The van der Waals surface area contributed by atoms with Gasteiger partial charge in [-0.2, -0.15) is 10.2 Å². The third-order valence-electron chi connectivity index (χ3n) is 5.13. The van der Waals surface area contributed by atoms with Crippen molar-refractivity contribution in [2.75, 3.05) is 6.54 Å². The molecule has 11 heteroatoms. The number of rotatable bonds is 5. The molecule has 0 unspecified atom stereocenters. The zero-order valence-electron chi connectivity index (χ0n) is 17.5. The molecule has 11 nitrogen and oxygen atoms in total. The Labute approximate surface area is 178 Å². The SMILES string of the molecule is Cn1cc(C(=O)NCc2cc(=O)n3c(n2)CN(C(=O)Cc2ccn(C)n2)CCC3)cn1. The maximum Gasteiger partial charge on any atom is 0.254 e. The zero-order valence-corrected chi connectivity index (χ0v) is 17.5. The lowest BCUT2D eigenvalue weighted by Gasteiger charge is -2.20. The Bertz CT molecular complexity index is 1180. The first-order valence-electron chi connectivity index (χ1n) is 10.0. The standard InChI is InChI=1S/C20H24N8O3/c1-25-7-4-15(24-25)8-18(29)27-5-3-6-28-17(13-27)23-16(9-19(28)30)11-21-20(31)14-10-22-26(2)12-14/h4,7,9-10,12H,3,5-6,8,11,13H2,1-2H3,(H,21,31). The number of nitrogens with zero attached hydrogens (tertiary/aromatic N) is 7. The van der Waals surface area contributed by atoms with Crippen LogP contribution in [-0.2, 0) is 44.9 Å². The summed E-state index contributed by atoms with van der Waals surface area (Å²) in [5.41, 5.74) is 1.40. The number of amides is 2. The molecule has 1 N–H and O–H groups in total. The number of aromatic nitrogens is 6. The van der Waals surface area contributed by atoms with Gasteiger partial charge in [0.05, 0.1) is 42.7 Å². The van der Waals surface area contributed by atoms with Crippen molar-refractivity contribution in [2.24, 2.45) is 14.1 Å². The summed E-state index contributed by atoms with van der Waals surface area (Å²) >= 11 is 0. The number of fused-ring (bicyclic) bond motifs is 1. The number of hydrogen-bond acceptors (Lipinski definition) is 6. The van der Waals surface area contributed by atoms with Gasteiger partial charge in [0.15, 0.2) is 0 Å². The lowest BCUT2D eigenvalue weighted by atomic mass is 10.2. The van der Waals surface area contributed by atoms with Crippen LogP contribution in [0, 0.1) is 0 Å². The molecule has 2 amide bonds. The zero-order chi connectivity index (χ0) is 22.0. The Morgan fingerprint density at radius 3 is 2.71 bits per heavy atom. The summed E-state index contributed by atoms with van der Waals surface area (Å²) in [5, 5.41) is 11.0. The van der Waals surface area contributed by atoms with Crippen LogP contribution in [0.4, 0.5) is 0 Å². The molecular formula is C20H24N8O3. The van der Waals surface area contributed by atoms with Gasteiger partial charge in [0.25, 0.3) is 11.5 Å². The molecule has 4 heterocycles. The first kappa shape index (κ1) is 20.5. The molecule has 0 radical (unpaired) electrons. The predicted octanol–water partition coefficient (Wildman–Crippen LogP) is -0.385. The second kappa shape index (κ2) is 8.54. The fraction of sp³-hybridized carbons (Fsp3) is 0.400. The number of carbonyl (C=O) groups is 2. The first-order chi connectivity index (χ1) is 14.9. The second-order valence-corrected chi connectivity index (χ2v) is 7.57. The molecule has 3 aromatic heterocycles. The number of aryl methyl sites for hydroxylation is 2. The lowest BCUT2D eigenvalue weighted by Crippen LogP contribution is -2.33. The van der Waals surface area contributed by atoms with E-state index in [4.69, 9.17) is 0 Å².